The van der Waals surface area contributed by atoms with Crippen molar-refractivity contribution in [2.24, 2.45) is 0 Å². The van der Waals surface area contributed by atoms with Crippen LogP contribution in [0.1, 0.15) is 0 Å². The van der Waals surface area contributed by atoms with Gasteiger partial charge < -0.3 is 9.32 Å². The number of anilines is 2. The summed E-state index contributed by atoms with van der Waals surface area (Å²) in [5, 5.41) is 4.54. The number of benzene rings is 6. The minimum atomic E-state index is 0.689. The zero-order valence-corrected chi connectivity index (χ0v) is 23.6. The second-order valence-electron chi connectivity index (χ2n) is 10.7. The van der Waals surface area contributed by atoms with Gasteiger partial charge in [0.25, 0.3) is 0 Å². The van der Waals surface area contributed by atoms with Gasteiger partial charge in [0.2, 0.25) is 0 Å². The molecule has 0 aliphatic rings. The van der Waals surface area contributed by atoms with Crippen molar-refractivity contribution in [2.75, 3.05) is 11.9 Å². The van der Waals surface area contributed by atoms with Gasteiger partial charge in [-0.25, -0.2) is 9.97 Å². The molecule has 0 fully saturated rings. The normalized spacial score (nSPS) is 11.4. The summed E-state index contributed by atoms with van der Waals surface area (Å²) in [6.45, 7) is 0. The molecule has 8 rings (SSSR count). The lowest BCUT2D eigenvalue weighted by atomic mass is 9.96. The number of aromatic nitrogens is 2. The monoisotopic (exact) mass is 553 g/mol. The Balaban J connectivity index is 1.39. The first-order chi connectivity index (χ1) is 21.2. The van der Waals surface area contributed by atoms with Crippen LogP contribution in [0.5, 0.6) is 0 Å². The molecule has 0 amide bonds. The molecule has 6 aromatic carbocycles. The second-order valence-corrected chi connectivity index (χ2v) is 10.7. The lowest BCUT2D eigenvalue weighted by molar-refractivity contribution is 0.669. The van der Waals surface area contributed by atoms with E-state index in [0.29, 0.717) is 5.82 Å². The van der Waals surface area contributed by atoms with Crippen LogP contribution in [-0.2, 0) is 0 Å². The first-order valence-electron chi connectivity index (χ1n) is 14.4. The van der Waals surface area contributed by atoms with Gasteiger partial charge >= 0.3 is 0 Å². The van der Waals surface area contributed by atoms with E-state index in [-0.39, 0.29) is 0 Å². The zero-order chi connectivity index (χ0) is 28.8. The van der Waals surface area contributed by atoms with Crippen molar-refractivity contribution in [3.05, 3.63) is 146 Å². The fourth-order valence-corrected chi connectivity index (χ4v) is 5.91. The van der Waals surface area contributed by atoms with Crippen molar-refractivity contribution in [3.63, 3.8) is 0 Å². The van der Waals surface area contributed by atoms with Gasteiger partial charge in [0.15, 0.2) is 5.82 Å². The average molecular weight is 554 g/mol. The molecule has 0 aliphatic carbocycles. The van der Waals surface area contributed by atoms with Gasteiger partial charge in [-0.2, -0.15) is 0 Å². The van der Waals surface area contributed by atoms with E-state index >= 15 is 0 Å². The Bertz CT molecular complexity index is 2180. The maximum Gasteiger partial charge on any atom is 0.162 e. The molecule has 0 saturated carbocycles. The molecule has 0 bridgehead atoms. The highest BCUT2D eigenvalue weighted by atomic mass is 16.3. The van der Waals surface area contributed by atoms with Crippen molar-refractivity contribution in [1.29, 1.82) is 0 Å². The third-order valence-corrected chi connectivity index (χ3v) is 8.08. The van der Waals surface area contributed by atoms with Gasteiger partial charge in [0, 0.05) is 40.6 Å². The minimum Gasteiger partial charge on any atom is -0.456 e. The van der Waals surface area contributed by atoms with Gasteiger partial charge in [0.1, 0.15) is 17.0 Å². The van der Waals surface area contributed by atoms with Crippen LogP contribution in [0.25, 0.3) is 66.5 Å². The largest absolute Gasteiger partial charge is 0.456 e. The van der Waals surface area contributed by atoms with Gasteiger partial charge in [-0.3, -0.25) is 0 Å². The van der Waals surface area contributed by atoms with Crippen LogP contribution in [-0.4, -0.2) is 17.0 Å². The van der Waals surface area contributed by atoms with Gasteiger partial charge in [-0.1, -0.05) is 115 Å². The molecular formula is C39H27N3O. The number of furan rings is 1. The van der Waals surface area contributed by atoms with Gasteiger partial charge in [0.05, 0.1) is 11.4 Å². The number of hydrogen-bond acceptors (Lipinski definition) is 4. The molecule has 8 aromatic rings. The topological polar surface area (TPSA) is 42.2 Å². The smallest absolute Gasteiger partial charge is 0.162 e. The highest BCUT2D eigenvalue weighted by Crippen LogP contribution is 2.42. The third-order valence-electron chi connectivity index (χ3n) is 8.08. The summed E-state index contributed by atoms with van der Waals surface area (Å²) in [5.41, 5.74) is 7.99. The summed E-state index contributed by atoms with van der Waals surface area (Å²) < 4.78 is 6.26. The zero-order valence-electron chi connectivity index (χ0n) is 23.6. The van der Waals surface area contributed by atoms with E-state index in [2.05, 4.69) is 109 Å². The first kappa shape index (κ1) is 25.0. The van der Waals surface area contributed by atoms with E-state index in [1.54, 1.807) is 0 Å². The Hall–Kier alpha value is -5.74. The predicted octanol–water partition coefficient (Wildman–Crippen LogP) is 10.3. The molecule has 0 saturated heterocycles. The maximum atomic E-state index is 6.26. The minimum absolute atomic E-state index is 0.689. The molecule has 43 heavy (non-hydrogen) atoms. The van der Waals surface area contributed by atoms with E-state index in [1.807, 2.05) is 48.5 Å². The van der Waals surface area contributed by atoms with Crippen molar-refractivity contribution in [3.8, 4) is 33.8 Å². The third kappa shape index (κ3) is 4.41. The van der Waals surface area contributed by atoms with E-state index < -0.39 is 0 Å². The number of hydrogen-bond donors (Lipinski definition) is 0. The molecule has 0 aliphatic heterocycles. The molecule has 4 nitrogen and oxygen atoms in total. The number of fused-ring (bicyclic) bond motifs is 5. The molecule has 0 unspecified atom stereocenters. The summed E-state index contributed by atoms with van der Waals surface area (Å²) in [6.07, 6.45) is 0. The Labute approximate surface area is 249 Å². The second kappa shape index (κ2) is 10.3. The Morgan fingerprint density at radius 3 is 1.93 bits per heavy atom. The summed E-state index contributed by atoms with van der Waals surface area (Å²) in [5.74, 6) is 1.50. The van der Waals surface area contributed by atoms with E-state index in [0.717, 1.165) is 72.2 Å². The van der Waals surface area contributed by atoms with E-state index in [4.69, 9.17) is 14.4 Å². The molecule has 0 radical (unpaired) electrons. The SMILES string of the molecule is CN(c1cc(-c2ccccc2)nc(-c2ccccc2)n1)c1cc2c(ccc3oc4ccccc4c32)cc1-c1ccccc1. The van der Waals surface area contributed by atoms with Crippen molar-refractivity contribution >= 4 is 44.2 Å². The van der Waals surface area contributed by atoms with E-state index in [1.165, 1.54) is 0 Å². The Morgan fingerprint density at radius 2 is 1.19 bits per heavy atom. The lowest BCUT2D eigenvalue weighted by Crippen LogP contribution is -2.14. The van der Waals surface area contributed by atoms with Crippen molar-refractivity contribution in [2.45, 2.75) is 0 Å². The quantitative estimate of drug-likeness (QED) is 0.213. The summed E-state index contributed by atoms with van der Waals surface area (Å²) in [7, 11) is 2.09. The van der Waals surface area contributed by atoms with Crippen LogP contribution in [0.15, 0.2) is 150 Å². The summed E-state index contributed by atoms with van der Waals surface area (Å²) in [6, 6.07) is 50.1. The predicted molar refractivity (Wildman–Crippen MR) is 178 cm³/mol. The molecule has 2 aromatic heterocycles. The molecular weight excluding hydrogens is 526 g/mol. The Kier molecular flexibility index (Phi) is 5.97. The lowest BCUT2D eigenvalue weighted by Gasteiger charge is -2.24. The van der Waals surface area contributed by atoms with Gasteiger partial charge in [-0.05, 0) is 40.6 Å². The number of nitrogens with zero attached hydrogens (tertiary/aromatic N) is 3. The average Bonchev–Trinajstić information content (AvgIpc) is 3.47. The fourth-order valence-electron chi connectivity index (χ4n) is 5.91. The maximum absolute atomic E-state index is 6.26. The molecule has 0 spiro atoms. The van der Waals surface area contributed by atoms with Crippen LogP contribution >= 0.6 is 0 Å². The molecule has 0 atom stereocenters. The van der Waals surface area contributed by atoms with Crippen LogP contribution in [0.3, 0.4) is 0 Å². The summed E-state index contributed by atoms with van der Waals surface area (Å²) in [4.78, 5) is 12.3. The van der Waals surface area contributed by atoms with Crippen molar-refractivity contribution < 1.29 is 4.42 Å². The highest BCUT2D eigenvalue weighted by Gasteiger charge is 2.19. The highest BCUT2D eigenvalue weighted by molar-refractivity contribution is 6.20. The van der Waals surface area contributed by atoms with Gasteiger partial charge in [-0.15, -0.1) is 0 Å². The number of rotatable bonds is 5. The Morgan fingerprint density at radius 1 is 0.535 bits per heavy atom. The van der Waals surface area contributed by atoms with Crippen LogP contribution in [0, 0.1) is 0 Å². The molecule has 204 valence electrons. The van der Waals surface area contributed by atoms with Crippen molar-refractivity contribution in [1.82, 2.24) is 9.97 Å². The molecule has 2 heterocycles. The molecule has 0 N–H and O–H groups in total. The fraction of sp³-hybridized carbons (Fsp3) is 0.0256. The van der Waals surface area contributed by atoms with Crippen LogP contribution < -0.4 is 4.90 Å². The number of para-hydroxylation sites is 1. The van der Waals surface area contributed by atoms with Crippen LogP contribution in [0.2, 0.25) is 0 Å². The van der Waals surface area contributed by atoms with E-state index in [9.17, 15) is 0 Å². The summed E-state index contributed by atoms with van der Waals surface area (Å²) >= 11 is 0. The standard InChI is InChI=1S/C39H27N3O/c1-42(37-25-33(27-15-7-3-8-16-27)40-39(41-37)28-17-9-4-10-18-28)34-24-32-29(23-31(34)26-13-5-2-6-14-26)21-22-36-38(32)30-19-11-12-20-35(30)43-36/h2-25H,1H3. The molecule has 4 heteroatoms. The van der Waals surface area contributed by atoms with Crippen LogP contribution in [0.4, 0.5) is 11.5 Å². The first-order valence-corrected chi connectivity index (χ1v) is 14.4.